The number of halogens is 1. The van der Waals surface area contributed by atoms with E-state index in [9.17, 15) is 14.3 Å². The van der Waals surface area contributed by atoms with Crippen molar-refractivity contribution in [2.75, 3.05) is 27.3 Å². The van der Waals surface area contributed by atoms with Crippen LogP contribution in [0.3, 0.4) is 0 Å². The van der Waals surface area contributed by atoms with Crippen LogP contribution in [0.5, 0.6) is 11.5 Å². The Bertz CT molecular complexity index is 1260. The Morgan fingerprint density at radius 1 is 1.08 bits per heavy atom. The first kappa shape index (κ1) is 24.3. The van der Waals surface area contributed by atoms with E-state index in [1.54, 1.807) is 32.4 Å². The average Bonchev–Trinajstić information content (AvgIpc) is 3.15. The number of fused-ring (bicyclic) bond motifs is 2. The van der Waals surface area contributed by atoms with Crippen molar-refractivity contribution in [2.45, 2.75) is 36.9 Å². The van der Waals surface area contributed by atoms with Crippen molar-refractivity contribution in [1.82, 2.24) is 10.2 Å². The van der Waals surface area contributed by atoms with Crippen LogP contribution >= 0.6 is 0 Å². The van der Waals surface area contributed by atoms with Gasteiger partial charge in [-0.3, -0.25) is 9.69 Å². The second-order valence-electron chi connectivity index (χ2n) is 9.63. The van der Waals surface area contributed by atoms with Crippen LogP contribution in [0.4, 0.5) is 4.39 Å². The van der Waals surface area contributed by atoms with E-state index in [0.717, 1.165) is 42.8 Å². The van der Waals surface area contributed by atoms with Gasteiger partial charge in [-0.1, -0.05) is 30.3 Å². The summed E-state index contributed by atoms with van der Waals surface area (Å²) in [6.07, 6.45) is 1.44. The largest absolute Gasteiger partial charge is 0.508 e. The van der Waals surface area contributed by atoms with Gasteiger partial charge in [-0.2, -0.15) is 0 Å². The van der Waals surface area contributed by atoms with Gasteiger partial charge in [-0.05, 0) is 73.5 Å². The number of hydrogen-bond donors (Lipinski definition) is 2. The van der Waals surface area contributed by atoms with Gasteiger partial charge in [0.25, 0.3) is 5.91 Å². The van der Waals surface area contributed by atoms with Crippen molar-refractivity contribution in [3.63, 3.8) is 0 Å². The summed E-state index contributed by atoms with van der Waals surface area (Å²) < 4.78 is 25.2. The number of likely N-dealkylation sites (tertiary alicyclic amines) is 1. The van der Waals surface area contributed by atoms with Crippen LogP contribution in [0.15, 0.2) is 66.7 Å². The number of carbonyl (C=O) groups is 1. The normalized spacial score (nSPS) is 20.8. The van der Waals surface area contributed by atoms with Crippen molar-refractivity contribution >= 4 is 5.91 Å². The van der Waals surface area contributed by atoms with Crippen molar-refractivity contribution in [3.8, 4) is 11.5 Å². The maximum atomic E-state index is 13.7. The molecule has 1 heterocycles. The molecule has 2 atom stereocenters. The lowest BCUT2D eigenvalue weighted by molar-refractivity contribution is -0.0122. The first-order chi connectivity index (χ1) is 17.4. The molecule has 0 bridgehead atoms. The zero-order valence-corrected chi connectivity index (χ0v) is 20.5. The number of benzene rings is 3. The smallest absolute Gasteiger partial charge is 0.251 e. The predicted molar refractivity (Wildman–Crippen MR) is 135 cm³/mol. The molecule has 1 amide bonds. The molecule has 1 aliphatic carbocycles. The lowest BCUT2D eigenvalue weighted by atomic mass is 9.71. The summed E-state index contributed by atoms with van der Waals surface area (Å²) in [7, 11) is 3.31. The highest BCUT2D eigenvalue weighted by Crippen LogP contribution is 2.52. The number of aromatic hydroxyl groups is 1. The Kier molecular flexibility index (Phi) is 6.69. The molecular weight excluding hydrogens is 459 g/mol. The second-order valence-corrected chi connectivity index (χ2v) is 9.63. The number of methoxy groups -OCH3 is 2. The molecule has 36 heavy (non-hydrogen) atoms. The standard InChI is InChI=1S/C29H31FN2O4/c1-35-22-10-11-25(33)20(17-22)18-32-14-12-29(13-15-32)24-9-4-3-8-23(24)26(27(29)36-2)31-28(34)19-6-5-7-21(30)16-19/h3-11,16-17,26-27,33H,12-15,18H2,1-2H3,(H,31,34)/t26-,27+/m1/s1. The predicted octanol–water partition coefficient (Wildman–Crippen LogP) is 4.57. The van der Waals surface area contributed by atoms with Crippen LogP contribution in [0.25, 0.3) is 0 Å². The lowest BCUT2D eigenvalue weighted by Crippen LogP contribution is -2.50. The number of phenolic OH excluding ortho intramolecular Hbond substituents is 1. The molecule has 0 radical (unpaired) electrons. The highest BCUT2D eigenvalue weighted by atomic mass is 19.1. The highest BCUT2D eigenvalue weighted by Gasteiger charge is 2.54. The molecule has 188 valence electrons. The van der Waals surface area contributed by atoms with Gasteiger partial charge < -0.3 is 19.9 Å². The van der Waals surface area contributed by atoms with Gasteiger partial charge in [0.2, 0.25) is 0 Å². The molecule has 2 N–H and O–H groups in total. The quantitative estimate of drug-likeness (QED) is 0.530. The third-order valence-electron chi connectivity index (χ3n) is 7.74. The van der Waals surface area contributed by atoms with Crippen LogP contribution in [0.2, 0.25) is 0 Å². The van der Waals surface area contributed by atoms with Gasteiger partial charge in [0.1, 0.15) is 17.3 Å². The van der Waals surface area contributed by atoms with Gasteiger partial charge in [-0.15, -0.1) is 0 Å². The monoisotopic (exact) mass is 490 g/mol. The summed E-state index contributed by atoms with van der Waals surface area (Å²) in [5, 5.41) is 13.5. The maximum absolute atomic E-state index is 13.7. The van der Waals surface area contributed by atoms with E-state index >= 15 is 0 Å². The topological polar surface area (TPSA) is 71.0 Å². The van der Waals surface area contributed by atoms with Gasteiger partial charge in [0.15, 0.2) is 0 Å². The molecule has 0 aromatic heterocycles. The fraction of sp³-hybridized carbons (Fsp3) is 0.345. The zero-order chi connectivity index (χ0) is 25.3. The molecule has 1 spiro atoms. The Labute approximate surface area is 210 Å². The number of carbonyl (C=O) groups excluding carboxylic acids is 1. The maximum Gasteiger partial charge on any atom is 0.251 e. The van der Waals surface area contributed by atoms with Gasteiger partial charge in [0.05, 0.1) is 19.3 Å². The Hall–Kier alpha value is -3.42. The number of rotatable bonds is 6. The third kappa shape index (κ3) is 4.33. The third-order valence-corrected chi connectivity index (χ3v) is 7.74. The lowest BCUT2D eigenvalue weighted by Gasteiger charge is -2.44. The summed E-state index contributed by atoms with van der Waals surface area (Å²) in [5.41, 5.74) is 3.12. The van der Waals surface area contributed by atoms with E-state index in [-0.39, 0.29) is 34.8 Å². The Balaban J connectivity index is 1.37. The minimum absolute atomic E-state index is 0.250. The minimum atomic E-state index is -0.441. The molecule has 7 heteroatoms. The number of phenols is 1. The number of piperidine rings is 1. The molecule has 1 aliphatic heterocycles. The molecular formula is C29H31FN2O4. The van der Waals surface area contributed by atoms with E-state index in [0.29, 0.717) is 6.54 Å². The molecule has 6 nitrogen and oxygen atoms in total. The molecule has 1 fully saturated rings. The summed E-state index contributed by atoms with van der Waals surface area (Å²) in [6.45, 7) is 2.25. The summed E-state index contributed by atoms with van der Waals surface area (Å²) >= 11 is 0. The molecule has 0 saturated carbocycles. The molecule has 3 aromatic carbocycles. The fourth-order valence-electron chi connectivity index (χ4n) is 5.95. The van der Waals surface area contributed by atoms with E-state index in [2.05, 4.69) is 16.3 Å². The summed E-state index contributed by atoms with van der Waals surface area (Å²) in [6, 6.07) is 18.9. The van der Waals surface area contributed by atoms with Crippen LogP contribution in [0, 0.1) is 5.82 Å². The SMILES string of the molecule is COc1ccc(O)c(CN2CCC3(CC2)c2ccccc2[C@@H](NC(=O)c2cccc(F)c2)[C@@H]3OC)c1. The number of amides is 1. The van der Waals surface area contributed by atoms with Crippen molar-refractivity contribution in [3.05, 3.63) is 94.8 Å². The number of nitrogens with one attached hydrogen (secondary N) is 1. The van der Waals surface area contributed by atoms with Crippen LogP contribution in [-0.2, 0) is 16.7 Å². The zero-order valence-electron chi connectivity index (χ0n) is 20.5. The highest BCUT2D eigenvalue weighted by molar-refractivity contribution is 5.94. The van der Waals surface area contributed by atoms with E-state index in [4.69, 9.17) is 9.47 Å². The Morgan fingerprint density at radius 2 is 1.86 bits per heavy atom. The molecule has 1 saturated heterocycles. The number of ether oxygens (including phenoxy) is 2. The van der Waals surface area contributed by atoms with Crippen molar-refractivity contribution < 1.29 is 23.8 Å². The van der Waals surface area contributed by atoms with Gasteiger partial charge in [-0.25, -0.2) is 4.39 Å². The molecule has 2 aliphatic rings. The first-order valence-corrected chi connectivity index (χ1v) is 12.2. The van der Waals surface area contributed by atoms with Crippen molar-refractivity contribution in [2.24, 2.45) is 0 Å². The van der Waals surface area contributed by atoms with Gasteiger partial charge >= 0.3 is 0 Å². The Morgan fingerprint density at radius 3 is 2.58 bits per heavy atom. The van der Waals surface area contributed by atoms with E-state index < -0.39 is 5.82 Å². The van der Waals surface area contributed by atoms with Crippen LogP contribution in [0.1, 0.15) is 45.9 Å². The van der Waals surface area contributed by atoms with Crippen LogP contribution < -0.4 is 10.1 Å². The number of nitrogens with zero attached hydrogens (tertiary/aromatic N) is 1. The first-order valence-electron chi connectivity index (χ1n) is 12.2. The van der Waals surface area contributed by atoms with Crippen molar-refractivity contribution in [1.29, 1.82) is 0 Å². The van der Waals surface area contributed by atoms with Gasteiger partial charge in [0, 0.05) is 30.2 Å². The minimum Gasteiger partial charge on any atom is -0.508 e. The summed E-state index contributed by atoms with van der Waals surface area (Å²) in [4.78, 5) is 15.4. The fourth-order valence-corrected chi connectivity index (χ4v) is 5.95. The number of hydrogen-bond acceptors (Lipinski definition) is 5. The average molecular weight is 491 g/mol. The van der Waals surface area contributed by atoms with E-state index in [1.807, 2.05) is 24.3 Å². The summed E-state index contributed by atoms with van der Waals surface area (Å²) in [5.74, 6) is 0.220. The molecule has 0 unspecified atom stereocenters. The molecule has 3 aromatic rings. The molecule has 5 rings (SSSR count). The second kappa shape index (κ2) is 9.91. The van der Waals surface area contributed by atoms with E-state index in [1.165, 1.54) is 23.8 Å². The van der Waals surface area contributed by atoms with Crippen LogP contribution in [-0.4, -0.2) is 49.3 Å².